The van der Waals surface area contributed by atoms with Gasteiger partial charge in [-0.05, 0) is 75.1 Å². The first-order valence-corrected chi connectivity index (χ1v) is 29.8. The highest BCUT2D eigenvalue weighted by molar-refractivity contribution is 8.00. The number of aliphatic carboxylic acids is 1. The number of anilines is 1. The maximum absolute atomic E-state index is 13.7. The van der Waals surface area contributed by atoms with Crippen molar-refractivity contribution in [2.75, 3.05) is 95.1 Å². The average molecular weight is 1190 g/mol. The largest absolute Gasteiger partial charge is 0.480 e. The van der Waals surface area contributed by atoms with Gasteiger partial charge in [-0.25, -0.2) is 24.1 Å². The van der Waals surface area contributed by atoms with Crippen LogP contribution in [0.4, 0.5) is 15.0 Å². The molecule has 10 atom stereocenters. The second kappa shape index (κ2) is 34.1. The third kappa shape index (κ3) is 19.9. The minimum Gasteiger partial charge on any atom is -0.480 e. The minimum absolute atomic E-state index is 0.0215. The topological polar surface area (TPSA) is 392 Å². The zero-order valence-electron chi connectivity index (χ0n) is 45.8. The SMILES string of the molecule is C=NC(N)(CF)c1ccc(C(=O)N[C@@H](CC(=O)NCCCCNc2ncnc3c2ncn3[C@@H]2O[C@H](CSCC[C@H](N)C(=O)O)C(O)C2O)C(=O)NCCCOCCOCCOCCCNC(=O)CCCC[C@@H]2SC[C@@H]3NC(=O)N[C@@H]32)cc1. The molecule has 3 aromatic rings. The number of fused-ring (bicyclic) bond motifs is 2. The van der Waals surface area contributed by atoms with E-state index in [0.717, 1.165) is 25.0 Å². The van der Waals surface area contributed by atoms with Gasteiger partial charge in [-0.2, -0.15) is 23.5 Å². The molecule has 30 heteroatoms. The Balaban J connectivity index is 0.840. The maximum Gasteiger partial charge on any atom is 0.320 e. The lowest BCUT2D eigenvalue weighted by Crippen LogP contribution is -2.49. The number of hydrogen-bond acceptors (Lipinski definition) is 21. The van der Waals surface area contributed by atoms with E-state index < -0.39 is 72.7 Å². The lowest BCUT2D eigenvalue weighted by molar-refractivity contribution is -0.138. The number of aromatic nitrogens is 4. The van der Waals surface area contributed by atoms with Gasteiger partial charge < -0.3 is 83.0 Å². The van der Waals surface area contributed by atoms with E-state index in [-0.39, 0.29) is 61.1 Å². The number of imidazole rings is 1. The summed E-state index contributed by atoms with van der Waals surface area (Å²) in [5, 5.41) is 51.3. The zero-order valence-corrected chi connectivity index (χ0v) is 47.5. The summed E-state index contributed by atoms with van der Waals surface area (Å²) in [6.07, 6.45) is 3.75. The number of nitrogens with zero attached hydrogens (tertiary/aromatic N) is 5. The Hall–Kier alpha value is -5.83. The van der Waals surface area contributed by atoms with Crippen LogP contribution in [-0.2, 0) is 43.8 Å². The van der Waals surface area contributed by atoms with Gasteiger partial charge in [-0.15, -0.1) is 0 Å². The van der Waals surface area contributed by atoms with Crippen LogP contribution in [-0.4, -0.2) is 215 Å². The third-order valence-corrected chi connectivity index (χ3v) is 16.5. The number of aliphatic hydroxyl groups excluding tert-OH is 2. The number of urea groups is 1. The number of aliphatic hydroxyl groups is 2. The number of aliphatic imine (C=N–C) groups is 1. The van der Waals surface area contributed by atoms with Gasteiger partial charge in [0, 0.05) is 68.1 Å². The van der Waals surface area contributed by atoms with E-state index in [1.54, 1.807) is 0 Å². The fourth-order valence-corrected chi connectivity index (χ4v) is 11.8. The molecule has 27 nitrogen and oxygen atoms in total. The molecule has 0 spiro atoms. The van der Waals surface area contributed by atoms with Crippen molar-refractivity contribution in [3.63, 3.8) is 0 Å². The van der Waals surface area contributed by atoms with Gasteiger partial charge in [0.15, 0.2) is 28.9 Å². The molecule has 14 N–H and O–H groups in total. The van der Waals surface area contributed by atoms with Crippen LogP contribution in [0.2, 0.25) is 0 Å². The minimum atomic E-state index is -1.69. The number of nitrogens with two attached hydrogens (primary N) is 2. The van der Waals surface area contributed by atoms with E-state index in [2.05, 4.69) is 63.9 Å². The summed E-state index contributed by atoms with van der Waals surface area (Å²) in [7, 11) is 0. The zero-order chi connectivity index (χ0) is 58.9. The van der Waals surface area contributed by atoms with E-state index in [1.807, 2.05) is 11.8 Å². The number of amides is 6. The molecule has 82 heavy (non-hydrogen) atoms. The number of nitrogens with one attached hydrogen (secondary N) is 7. The monoisotopic (exact) mass is 1190 g/mol. The van der Waals surface area contributed by atoms with Gasteiger partial charge in [0.25, 0.3) is 5.91 Å². The fraction of sp³-hybridized carbons (Fsp3) is 0.654. The van der Waals surface area contributed by atoms with Crippen LogP contribution in [0.5, 0.6) is 0 Å². The molecule has 6 amide bonds. The molecule has 3 fully saturated rings. The van der Waals surface area contributed by atoms with Crippen molar-refractivity contribution in [1.82, 2.24) is 51.4 Å². The molecule has 5 heterocycles. The highest BCUT2D eigenvalue weighted by atomic mass is 32.2. The molecular formula is C52H79FN14O13S2. The summed E-state index contributed by atoms with van der Waals surface area (Å²) in [4.78, 5) is 91.6. The van der Waals surface area contributed by atoms with E-state index in [4.69, 9.17) is 35.5 Å². The van der Waals surface area contributed by atoms with Crippen LogP contribution in [0.3, 0.4) is 0 Å². The molecule has 0 bridgehead atoms. The second-order valence-corrected chi connectivity index (χ2v) is 22.4. The van der Waals surface area contributed by atoms with Gasteiger partial charge in [-0.1, -0.05) is 18.6 Å². The number of carboxylic acids is 1. The van der Waals surface area contributed by atoms with Crippen LogP contribution < -0.4 is 48.7 Å². The van der Waals surface area contributed by atoms with E-state index >= 15 is 0 Å². The Bertz CT molecular complexity index is 2540. The smallest absolute Gasteiger partial charge is 0.320 e. The molecule has 3 unspecified atom stereocenters. The number of carbonyl (C=O) groups is 6. The lowest BCUT2D eigenvalue weighted by Gasteiger charge is -2.22. The average Bonchev–Trinajstić information content (AvgIpc) is 4.40. The van der Waals surface area contributed by atoms with Crippen LogP contribution in [0.25, 0.3) is 11.2 Å². The number of thioether (sulfide) groups is 2. The molecular weight excluding hydrogens is 1110 g/mol. The van der Waals surface area contributed by atoms with Crippen molar-refractivity contribution in [1.29, 1.82) is 0 Å². The lowest BCUT2D eigenvalue weighted by atomic mass is 10.0. The first-order chi connectivity index (χ1) is 39.6. The number of carbonyl (C=O) groups excluding carboxylic acids is 5. The number of halogens is 1. The molecule has 1 aromatic carbocycles. The second-order valence-electron chi connectivity index (χ2n) is 20.0. The highest BCUT2D eigenvalue weighted by Crippen LogP contribution is 2.35. The number of benzene rings is 1. The molecule has 3 aliphatic rings. The molecule has 2 aromatic heterocycles. The summed E-state index contributed by atoms with van der Waals surface area (Å²) in [6, 6.07) is 3.72. The normalized spacial score (nSPS) is 21.6. The first kappa shape index (κ1) is 65.3. The Labute approximate surface area is 483 Å². The number of rotatable bonds is 40. The predicted octanol–water partition coefficient (Wildman–Crippen LogP) is 0.0475. The number of carboxylic acid groups (broad SMARTS) is 1. The van der Waals surface area contributed by atoms with Crippen LogP contribution in [0.1, 0.15) is 86.4 Å². The van der Waals surface area contributed by atoms with Crippen molar-refractivity contribution in [2.45, 2.75) is 124 Å². The van der Waals surface area contributed by atoms with Crippen molar-refractivity contribution in [3.8, 4) is 0 Å². The van der Waals surface area contributed by atoms with Gasteiger partial charge in [-0.3, -0.25) is 33.5 Å². The summed E-state index contributed by atoms with van der Waals surface area (Å²) < 4.78 is 38.0. The molecule has 454 valence electrons. The fourth-order valence-electron chi connectivity index (χ4n) is 9.13. The molecule has 0 radical (unpaired) electrons. The highest BCUT2D eigenvalue weighted by Gasteiger charge is 2.45. The Morgan fingerprint density at radius 3 is 2.29 bits per heavy atom. The number of hydrogen-bond donors (Lipinski definition) is 12. The van der Waals surface area contributed by atoms with E-state index in [9.17, 15) is 43.4 Å². The van der Waals surface area contributed by atoms with E-state index in [0.29, 0.717) is 119 Å². The molecule has 3 aliphatic heterocycles. The Morgan fingerprint density at radius 1 is 0.902 bits per heavy atom. The van der Waals surface area contributed by atoms with Crippen molar-refractivity contribution < 1.29 is 67.4 Å². The Kier molecular flexibility index (Phi) is 27.1. The predicted molar refractivity (Wildman–Crippen MR) is 305 cm³/mol. The van der Waals surface area contributed by atoms with Crippen molar-refractivity contribution in [2.24, 2.45) is 16.5 Å². The summed E-state index contributed by atoms with van der Waals surface area (Å²) in [6.45, 7) is 5.90. The standard InChI is InChI=1S/C52H79FN14O13S2/c1-56-52(55,29-53)33-12-10-32(11-13-33)47(72)64-35(48(73)60-18-7-20-78-22-24-79-23-21-77-19-6-17-57-39(68)9-3-2-8-38-41-36(27-82-38)65-51(76)66-41)26-40(69)58-15-4-5-16-59-45-42-46(62-30-61-45)67(31-63-42)49-44(71)43(70)37(80-49)28-81-25-14-34(54)50(74)75/h10-13,30-31,34-38,41,43-44,49,70-71H,1-9,14-29,54-55H2,(H,57,68)(H,58,69)(H,60,73)(H,64,72)(H,74,75)(H,59,61,62)(H2,65,66,76)/t34-,35-,36-,37+,38-,41-,43?,44?,49+,52?/m0/s1. The van der Waals surface area contributed by atoms with Crippen LogP contribution in [0, 0.1) is 0 Å². The molecule has 6 rings (SSSR count). The number of alkyl halides is 1. The van der Waals surface area contributed by atoms with Gasteiger partial charge >= 0.3 is 12.0 Å². The summed E-state index contributed by atoms with van der Waals surface area (Å²) >= 11 is 3.23. The molecule has 0 aliphatic carbocycles. The number of ether oxygens (including phenoxy) is 4. The Morgan fingerprint density at radius 2 is 1.59 bits per heavy atom. The maximum atomic E-state index is 13.7. The van der Waals surface area contributed by atoms with Crippen LogP contribution >= 0.6 is 23.5 Å². The molecule has 0 saturated carbocycles. The van der Waals surface area contributed by atoms with Crippen molar-refractivity contribution in [3.05, 3.63) is 48.0 Å². The van der Waals surface area contributed by atoms with Gasteiger partial charge in [0.05, 0.1) is 57.4 Å². The molecule has 3 saturated heterocycles. The first-order valence-electron chi connectivity index (χ1n) is 27.6. The van der Waals surface area contributed by atoms with E-state index in [1.165, 1.54) is 53.2 Å². The summed E-state index contributed by atoms with van der Waals surface area (Å²) in [5.74, 6) is -0.759. The quantitative estimate of drug-likeness (QED) is 0.0203. The van der Waals surface area contributed by atoms with Crippen molar-refractivity contribution >= 4 is 82.9 Å². The van der Waals surface area contributed by atoms with Gasteiger partial charge in [0.2, 0.25) is 17.7 Å². The van der Waals surface area contributed by atoms with Gasteiger partial charge in [0.1, 0.15) is 37.3 Å². The van der Waals surface area contributed by atoms with Crippen LogP contribution in [0.15, 0.2) is 41.9 Å². The summed E-state index contributed by atoms with van der Waals surface area (Å²) in [5.41, 5.74) is 11.0. The number of unbranched alkanes of at least 4 members (excludes halogenated alkanes) is 2. The third-order valence-electron chi connectivity index (χ3n) is 13.9.